The van der Waals surface area contributed by atoms with E-state index in [1.165, 1.54) is 0 Å². The van der Waals surface area contributed by atoms with Crippen LogP contribution in [0.3, 0.4) is 0 Å². The van der Waals surface area contributed by atoms with Gasteiger partial charge in [-0.2, -0.15) is 0 Å². The number of Topliss-reactive ketones (excluding diaryl/α,β-unsaturated/α-hetero) is 1. The summed E-state index contributed by atoms with van der Waals surface area (Å²) in [6, 6.07) is 0. The maximum absolute atomic E-state index is 12.6. The summed E-state index contributed by atoms with van der Waals surface area (Å²) in [5.41, 5.74) is 1.16. The number of carbonyl (C=O) groups excluding carboxylic acids is 2. The van der Waals surface area contributed by atoms with Crippen molar-refractivity contribution in [3.8, 4) is 0 Å². The van der Waals surface area contributed by atoms with E-state index in [1.54, 1.807) is 6.92 Å². The predicted molar refractivity (Wildman–Crippen MR) is 72.6 cm³/mol. The number of rotatable bonds is 3. The molecule has 1 N–H and O–H groups in total. The van der Waals surface area contributed by atoms with Crippen LogP contribution >= 0.6 is 0 Å². The number of fused-ring (bicyclic) bond motifs is 2. The minimum Gasteiger partial charge on any atom is -0.465 e. The molecule has 1 aliphatic heterocycles. The number of hydrogen-bond donors (Lipinski definition) is 1. The molecule has 0 amide bonds. The first kappa shape index (κ1) is 14.0. The molecule has 0 aromatic rings. The maximum atomic E-state index is 12.6. The predicted octanol–water partition coefficient (Wildman–Crippen LogP) is 1.62. The summed E-state index contributed by atoms with van der Waals surface area (Å²) in [4.78, 5) is 24.9. The minimum absolute atomic E-state index is 0.0236. The first-order valence-corrected chi connectivity index (χ1v) is 6.81. The van der Waals surface area contributed by atoms with E-state index in [0.29, 0.717) is 26.1 Å². The summed E-state index contributed by atoms with van der Waals surface area (Å²) in [7, 11) is 0. The lowest BCUT2D eigenvalue weighted by atomic mass is 9.64. The van der Waals surface area contributed by atoms with Gasteiger partial charge >= 0.3 is 5.97 Å². The average molecular weight is 263 g/mol. The first-order chi connectivity index (χ1) is 9.06. The molecule has 1 heterocycles. The summed E-state index contributed by atoms with van der Waals surface area (Å²) in [6.45, 7) is 7.01. The van der Waals surface area contributed by atoms with Gasteiger partial charge in [0, 0.05) is 13.1 Å². The van der Waals surface area contributed by atoms with Crippen molar-refractivity contribution in [1.82, 2.24) is 5.32 Å². The molecule has 1 aliphatic carbocycles. The smallest absolute Gasteiger partial charge is 0.321 e. The highest BCUT2D eigenvalue weighted by molar-refractivity contribution is 6.08. The Morgan fingerprint density at radius 2 is 2.32 bits per heavy atom. The summed E-state index contributed by atoms with van der Waals surface area (Å²) in [5.74, 6) is -0.555. The molecule has 0 radical (unpaired) electrons. The van der Waals surface area contributed by atoms with E-state index in [4.69, 9.17) is 4.74 Å². The van der Waals surface area contributed by atoms with Crippen LogP contribution in [-0.4, -0.2) is 31.4 Å². The zero-order chi connectivity index (χ0) is 14.0. The summed E-state index contributed by atoms with van der Waals surface area (Å²) < 4.78 is 5.14. The molecule has 2 rings (SSSR count). The van der Waals surface area contributed by atoms with Crippen LogP contribution in [0.15, 0.2) is 23.3 Å². The summed E-state index contributed by atoms with van der Waals surface area (Å²) in [5, 5.41) is 3.21. The van der Waals surface area contributed by atoms with Gasteiger partial charge in [0.05, 0.1) is 12.5 Å². The van der Waals surface area contributed by atoms with Crippen LogP contribution in [-0.2, 0) is 14.3 Å². The number of carbonyl (C=O) groups is 2. The van der Waals surface area contributed by atoms with Crippen molar-refractivity contribution >= 4 is 11.8 Å². The van der Waals surface area contributed by atoms with Crippen LogP contribution in [0.4, 0.5) is 0 Å². The van der Waals surface area contributed by atoms with Crippen LogP contribution in [0, 0.1) is 11.3 Å². The third-order valence-electron chi connectivity index (χ3n) is 4.12. The van der Waals surface area contributed by atoms with Gasteiger partial charge in [-0.25, -0.2) is 0 Å². The van der Waals surface area contributed by atoms with E-state index < -0.39 is 5.41 Å². The van der Waals surface area contributed by atoms with Gasteiger partial charge in [-0.1, -0.05) is 17.7 Å². The number of ketones is 1. The highest BCUT2D eigenvalue weighted by Crippen LogP contribution is 2.43. The molecule has 19 heavy (non-hydrogen) atoms. The van der Waals surface area contributed by atoms with Crippen molar-refractivity contribution in [3.05, 3.63) is 23.3 Å². The van der Waals surface area contributed by atoms with Gasteiger partial charge in [-0.3, -0.25) is 9.59 Å². The second kappa shape index (κ2) is 5.29. The van der Waals surface area contributed by atoms with Crippen molar-refractivity contribution in [1.29, 1.82) is 0 Å². The number of hydrogen-bond acceptors (Lipinski definition) is 4. The summed E-state index contributed by atoms with van der Waals surface area (Å²) in [6.07, 6.45) is 4.41. The highest BCUT2D eigenvalue weighted by Gasteiger charge is 2.55. The van der Waals surface area contributed by atoms with Crippen molar-refractivity contribution < 1.29 is 14.3 Å². The fourth-order valence-corrected chi connectivity index (χ4v) is 3.04. The van der Waals surface area contributed by atoms with Crippen molar-refractivity contribution in [2.24, 2.45) is 11.3 Å². The second-order valence-electron chi connectivity index (χ2n) is 5.24. The Kier molecular flexibility index (Phi) is 3.90. The lowest BCUT2D eigenvalue weighted by molar-refractivity contribution is -0.163. The molecule has 4 heteroatoms. The molecule has 0 aromatic carbocycles. The largest absolute Gasteiger partial charge is 0.465 e. The van der Waals surface area contributed by atoms with Gasteiger partial charge in [0.15, 0.2) is 5.78 Å². The molecule has 2 unspecified atom stereocenters. The van der Waals surface area contributed by atoms with Crippen LogP contribution in [0.25, 0.3) is 0 Å². The van der Waals surface area contributed by atoms with E-state index in [9.17, 15) is 9.59 Å². The van der Waals surface area contributed by atoms with Gasteiger partial charge in [0.2, 0.25) is 0 Å². The zero-order valence-electron chi connectivity index (χ0n) is 11.8. The molecule has 4 nitrogen and oxygen atoms in total. The van der Waals surface area contributed by atoms with Crippen molar-refractivity contribution in [3.63, 3.8) is 0 Å². The number of nitrogens with one attached hydrogen (secondary N) is 1. The van der Waals surface area contributed by atoms with Crippen LogP contribution < -0.4 is 5.32 Å². The normalized spacial score (nSPS) is 30.9. The van der Waals surface area contributed by atoms with E-state index in [-0.39, 0.29) is 17.7 Å². The molecule has 2 bridgehead atoms. The molecule has 104 valence electrons. The van der Waals surface area contributed by atoms with E-state index in [1.807, 2.05) is 26.0 Å². The standard InChI is InChI=1S/C15H21NO3/c1-4-6-11-7-15(14(18)19-5-2)9-16-8-12(10(11)3)13(15)17/h4,6,12,16H,5,7-9H2,1-3H3/b6-4-. The number of allylic oxidation sites excluding steroid dienone is 3. The van der Waals surface area contributed by atoms with Gasteiger partial charge < -0.3 is 10.1 Å². The molecular formula is C15H21NO3. The Hall–Kier alpha value is -1.42. The Morgan fingerprint density at radius 3 is 2.95 bits per heavy atom. The fraction of sp³-hybridized carbons (Fsp3) is 0.600. The van der Waals surface area contributed by atoms with Crippen LogP contribution in [0.2, 0.25) is 0 Å². The van der Waals surface area contributed by atoms with E-state index in [0.717, 1.165) is 11.1 Å². The molecule has 0 saturated carbocycles. The Labute approximate surface area is 113 Å². The molecule has 2 aliphatic rings. The average Bonchev–Trinajstić information content (AvgIpc) is 2.38. The third-order valence-corrected chi connectivity index (χ3v) is 4.12. The van der Waals surface area contributed by atoms with Crippen LogP contribution in [0.5, 0.6) is 0 Å². The van der Waals surface area contributed by atoms with Gasteiger partial charge in [0.25, 0.3) is 0 Å². The topological polar surface area (TPSA) is 55.4 Å². The Morgan fingerprint density at radius 1 is 1.58 bits per heavy atom. The SMILES string of the molecule is C/C=C\C1=C(C)C2CNCC(C(=O)OCC)(C1)C2=O. The fourth-order valence-electron chi connectivity index (χ4n) is 3.04. The summed E-state index contributed by atoms with van der Waals surface area (Å²) >= 11 is 0. The minimum atomic E-state index is -1.02. The molecule has 1 fully saturated rings. The van der Waals surface area contributed by atoms with Crippen molar-refractivity contribution in [2.45, 2.75) is 27.2 Å². The quantitative estimate of drug-likeness (QED) is 0.621. The number of esters is 1. The zero-order valence-corrected chi connectivity index (χ0v) is 11.8. The van der Waals surface area contributed by atoms with Gasteiger partial charge in [0.1, 0.15) is 5.41 Å². The highest BCUT2D eigenvalue weighted by atomic mass is 16.5. The molecule has 2 atom stereocenters. The van der Waals surface area contributed by atoms with E-state index in [2.05, 4.69) is 5.32 Å². The Balaban J connectivity index is 2.45. The molecular weight excluding hydrogens is 242 g/mol. The number of ether oxygens (including phenoxy) is 1. The molecule has 0 spiro atoms. The lowest BCUT2D eigenvalue weighted by Crippen LogP contribution is -2.59. The monoisotopic (exact) mass is 263 g/mol. The second-order valence-corrected chi connectivity index (χ2v) is 5.24. The Bertz CT molecular complexity index is 464. The van der Waals surface area contributed by atoms with Gasteiger partial charge in [-0.05, 0) is 32.8 Å². The van der Waals surface area contributed by atoms with E-state index >= 15 is 0 Å². The number of piperidine rings is 1. The molecule has 0 aromatic heterocycles. The lowest BCUT2D eigenvalue weighted by Gasteiger charge is -2.42. The molecule has 1 saturated heterocycles. The third kappa shape index (κ3) is 2.14. The van der Waals surface area contributed by atoms with Crippen LogP contribution in [0.1, 0.15) is 27.2 Å². The first-order valence-electron chi connectivity index (χ1n) is 6.81. The van der Waals surface area contributed by atoms with Crippen molar-refractivity contribution in [2.75, 3.05) is 19.7 Å². The van der Waals surface area contributed by atoms with Gasteiger partial charge in [-0.15, -0.1) is 0 Å². The maximum Gasteiger partial charge on any atom is 0.321 e.